The Labute approximate surface area is 59.4 Å². The van der Waals surface area contributed by atoms with Crippen LogP contribution in [0.1, 0.15) is 6.42 Å². The van der Waals surface area contributed by atoms with Crippen molar-refractivity contribution in [2.24, 2.45) is 5.73 Å². The molecule has 0 amide bonds. The van der Waals surface area contributed by atoms with Crippen LogP contribution in [0.3, 0.4) is 0 Å². The molecule has 0 bridgehead atoms. The second-order valence-corrected chi connectivity index (χ2v) is 1.54. The molecular weight excluding hydrogens is 137 g/mol. The van der Waals surface area contributed by atoms with Crippen LogP contribution in [0.5, 0.6) is 0 Å². The van der Waals surface area contributed by atoms with E-state index < -0.39 is 24.4 Å². The second-order valence-electron chi connectivity index (χ2n) is 1.54. The maximum atomic E-state index is 9.85. The van der Waals surface area contributed by atoms with E-state index in [-0.39, 0.29) is 8.41 Å². The first-order valence-corrected chi connectivity index (χ1v) is 2.24. The number of carboxylic acid groups (broad SMARTS) is 2. The smallest absolute Gasteiger partial charge is 0.321 e. The van der Waals surface area contributed by atoms with Crippen LogP contribution in [0.2, 0.25) is 0 Å². The average molecular weight is 144 g/mol. The first-order chi connectivity index (χ1) is 4.04. The number of nitrogens with two attached hydrogens (primary N) is 1. The van der Waals surface area contributed by atoms with E-state index in [2.05, 4.69) is 0 Å². The molecule has 0 aromatic heterocycles. The summed E-state index contributed by atoms with van der Waals surface area (Å²) in [5, 5.41) is 16.0. The lowest BCUT2D eigenvalue weighted by Crippen LogP contribution is -2.32. The third kappa shape index (κ3) is 5.11. The number of carboxylic acids is 2. The van der Waals surface area contributed by atoms with Crippen LogP contribution in [0.4, 0.5) is 0 Å². The fourth-order valence-corrected chi connectivity index (χ4v) is 0.275. The number of hydrogen-bond acceptors (Lipinski definition) is 3. The zero-order chi connectivity index (χ0) is 7.44. The van der Waals surface area contributed by atoms with E-state index in [0.717, 1.165) is 0 Å². The third-order valence-corrected chi connectivity index (χ3v) is 0.712. The second kappa shape index (κ2) is 4.81. The average Bonchev–Trinajstić information content (AvgIpc) is 1.63. The van der Waals surface area contributed by atoms with Gasteiger partial charge in [-0.25, -0.2) is 0 Å². The Kier molecular flexibility index (Phi) is 5.64. The van der Waals surface area contributed by atoms with E-state index in [0.29, 0.717) is 0 Å². The molecule has 6 heteroatoms. The Morgan fingerprint density at radius 2 is 1.80 bits per heavy atom. The van der Waals surface area contributed by atoms with Gasteiger partial charge in [0.25, 0.3) is 0 Å². The summed E-state index contributed by atoms with van der Waals surface area (Å²) in [4.78, 5) is 19.6. The maximum absolute atomic E-state index is 9.85. The van der Waals surface area contributed by atoms with Crippen molar-refractivity contribution in [3.63, 3.8) is 0 Å². The molecule has 4 N–H and O–H groups in total. The topological polar surface area (TPSA) is 101 Å². The molecule has 0 saturated heterocycles. The Balaban J connectivity index is 0. The molecule has 10 heavy (non-hydrogen) atoms. The van der Waals surface area contributed by atoms with E-state index in [1.54, 1.807) is 0 Å². The Morgan fingerprint density at radius 3 is 1.90 bits per heavy atom. The summed E-state index contributed by atoms with van der Waals surface area (Å²) < 4.78 is 0. The SMILES string of the molecule is N[C@@H](CC(=O)O)C(=O)O.[B]. The van der Waals surface area contributed by atoms with Crippen molar-refractivity contribution in [2.75, 3.05) is 0 Å². The first-order valence-electron chi connectivity index (χ1n) is 2.24. The highest BCUT2D eigenvalue weighted by Gasteiger charge is 2.14. The van der Waals surface area contributed by atoms with Gasteiger partial charge < -0.3 is 15.9 Å². The third-order valence-electron chi connectivity index (χ3n) is 0.712. The minimum Gasteiger partial charge on any atom is -0.481 e. The number of carbonyl (C=O) groups is 2. The summed E-state index contributed by atoms with van der Waals surface area (Å²) in [6.07, 6.45) is -0.532. The quantitative estimate of drug-likeness (QED) is 0.418. The predicted molar refractivity (Wildman–Crippen MR) is 33.6 cm³/mol. The zero-order valence-electron chi connectivity index (χ0n) is 5.15. The number of rotatable bonds is 3. The van der Waals surface area contributed by atoms with Crippen LogP contribution < -0.4 is 5.73 Å². The largest absolute Gasteiger partial charge is 0.481 e. The molecule has 0 heterocycles. The van der Waals surface area contributed by atoms with E-state index in [9.17, 15) is 9.59 Å². The van der Waals surface area contributed by atoms with Gasteiger partial charge in [-0.3, -0.25) is 9.59 Å². The molecule has 1 atom stereocenters. The number of hydrogen-bond donors (Lipinski definition) is 3. The van der Waals surface area contributed by atoms with Gasteiger partial charge in [-0.15, -0.1) is 0 Å². The molecule has 0 rings (SSSR count). The minimum atomic E-state index is -1.29. The molecule has 0 unspecified atom stereocenters. The van der Waals surface area contributed by atoms with Gasteiger partial charge in [0.15, 0.2) is 0 Å². The van der Waals surface area contributed by atoms with Crippen molar-refractivity contribution >= 4 is 20.4 Å². The van der Waals surface area contributed by atoms with Crippen LogP contribution in [0.25, 0.3) is 0 Å². The molecule has 0 aromatic rings. The molecule has 5 nitrogen and oxygen atoms in total. The fourth-order valence-electron chi connectivity index (χ4n) is 0.275. The van der Waals surface area contributed by atoms with Crippen LogP contribution >= 0.6 is 0 Å². The Hall–Kier alpha value is -1.04. The molecule has 55 valence electrons. The molecular formula is C4H7BNO4. The van der Waals surface area contributed by atoms with Crippen molar-refractivity contribution < 1.29 is 19.8 Å². The minimum absolute atomic E-state index is 0. The summed E-state index contributed by atoms with van der Waals surface area (Å²) in [6, 6.07) is -1.29. The number of aliphatic carboxylic acids is 2. The van der Waals surface area contributed by atoms with Gasteiger partial charge >= 0.3 is 11.9 Å². The predicted octanol–water partition coefficient (Wildman–Crippen LogP) is -1.51. The van der Waals surface area contributed by atoms with Gasteiger partial charge in [0.1, 0.15) is 6.04 Å². The van der Waals surface area contributed by atoms with Gasteiger partial charge in [-0.1, -0.05) is 0 Å². The highest BCUT2D eigenvalue weighted by Crippen LogP contribution is 1.86. The summed E-state index contributed by atoms with van der Waals surface area (Å²) >= 11 is 0. The van der Waals surface area contributed by atoms with Crippen molar-refractivity contribution in [2.45, 2.75) is 12.5 Å². The van der Waals surface area contributed by atoms with E-state index in [1.807, 2.05) is 0 Å². The van der Waals surface area contributed by atoms with Crippen LogP contribution in [0.15, 0.2) is 0 Å². The summed E-state index contributed by atoms with van der Waals surface area (Å²) in [6.45, 7) is 0. The lowest BCUT2D eigenvalue weighted by Gasteiger charge is -1.99. The van der Waals surface area contributed by atoms with E-state index in [1.165, 1.54) is 0 Å². The van der Waals surface area contributed by atoms with Gasteiger partial charge in [-0.05, 0) is 0 Å². The van der Waals surface area contributed by atoms with Crippen LogP contribution in [-0.2, 0) is 9.59 Å². The van der Waals surface area contributed by atoms with Gasteiger partial charge in [-0.2, -0.15) is 0 Å². The van der Waals surface area contributed by atoms with Crippen molar-refractivity contribution in [3.8, 4) is 0 Å². The van der Waals surface area contributed by atoms with Crippen molar-refractivity contribution in [1.82, 2.24) is 0 Å². The van der Waals surface area contributed by atoms with Crippen LogP contribution in [0, 0.1) is 0 Å². The first kappa shape index (κ1) is 11.7. The highest BCUT2D eigenvalue weighted by molar-refractivity contribution is 5.80. The van der Waals surface area contributed by atoms with Crippen molar-refractivity contribution in [1.29, 1.82) is 0 Å². The molecule has 0 spiro atoms. The molecule has 3 radical (unpaired) electrons. The fraction of sp³-hybridized carbons (Fsp3) is 0.500. The maximum Gasteiger partial charge on any atom is 0.321 e. The molecule has 0 aliphatic carbocycles. The van der Waals surface area contributed by atoms with Gasteiger partial charge in [0, 0.05) is 8.41 Å². The Bertz CT molecular complexity index is 137. The summed E-state index contributed by atoms with van der Waals surface area (Å²) in [7, 11) is 0. The lowest BCUT2D eigenvalue weighted by molar-refractivity contribution is -0.144. The van der Waals surface area contributed by atoms with Gasteiger partial charge in [0.2, 0.25) is 0 Å². The molecule has 0 fully saturated rings. The molecule has 0 aliphatic rings. The standard InChI is InChI=1S/C4H7NO4.B/c5-2(4(8)9)1-3(6)7;/h2H,1,5H2,(H,6,7)(H,8,9);/t2-;/m0./s1. The normalized spacial score (nSPS) is 11.3. The molecule has 0 saturated carbocycles. The Morgan fingerprint density at radius 1 is 1.40 bits per heavy atom. The molecule has 0 aliphatic heterocycles. The van der Waals surface area contributed by atoms with Crippen molar-refractivity contribution in [3.05, 3.63) is 0 Å². The van der Waals surface area contributed by atoms with E-state index >= 15 is 0 Å². The summed E-state index contributed by atoms with van der Waals surface area (Å²) in [5.41, 5.74) is 4.84. The zero-order valence-corrected chi connectivity index (χ0v) is 5.15. The van der Waals surface area contributed by atoms with Crippen LogP contribution in [-0.4, -0.2) is 36.6 Å². The van der Waals surface area contributed by atoms with Gasteiger partial charge in [0.05, 0.1) is 6.42 Å². The van der Waals surface area contributed by atoms with E-state index in [4.69, 9.17) is 15.9 Å². The molecule has 0 aromatic carbocycles. The summed E-state index contributed by atoms with van der Waals surface area (Å²) in [5.74, 6) is -2.50. The lowest BCUT2D eigenvalue weighted by atomic mass is 10.2. The monoisotopic (exact) mass is 144 g/mol. The highest BCUT2D eigenvalue weighted by atomic mass is 16.4.